The monoisotopic (exact) mass is 402 g/mol. The number of nitrogens with zero attached hydrogens (tertiary/aromatic N) is 2. The summed E-state index contributed by atoms with van der Waals surface area (Å²) in [7, 11) is 1.46. The van der Waals surface area contributed by atoms with Crippen LogP contribution < -0.4 is 5.56 Å². The molecule has 0 amide bonds. The molecule has 0 saturated heterocycles. The first kappa shape index (κ1) is 17.8. The Morgan fingerprint density at radius 3 is 2.70 bits per heavy atom. The average molecular weight is 402 g/mol. The van der Waals surface area contributed by atoms with E-state index in [1.165, 1.54) is 34.7 Å². The number of fused-ring (bicyclic) bond motifs is 5. The molecular formula is C24H22N2O4. The van der Waals surface area contributed by atoms with Crippen LogP contribution in [0.2, 0.25) is 0 Å². The molecule has 1 aromatic carbocycles. The minimum Gasteiger partial charge on any atom is -0.458 e. The number of rotatable bonds is 1. The molecule has 1 aliphatic carbocycles. The van der Waals surface area contributed by atoms with Crippen LogP contribution in [0.3, 0.4) is 0 Å². The summed E-state index contributed by atoms with van der Waals surface area (Å²) in [6.45, 7) is 4.85. The zero-order valence-electron chi connectivity index (χ0n) is 17.3. The van der Waals surface area contributed by atoms with Gasteiger partial charge in [-0.25, -0.2) is 9.78 Å². The maximum Gasteiger partial charge on any atom is 0.340 e. The zero-order valence-corrected chi connectivity index (χ0v) is 17.3. The molecule has 2 aliphatic heterocycles. The molecule has 2 aromatic heterocycles. The fourth-order valence-corrected chi connectivity index (χ4v) is 5.45. The molecule has 6 heteroatoms. The van der Waals surface area contributed by atoms with Gasteiger partial charge in [-0.2, -0.15) is 0 Å². The fraction of sp³-hybridized carbons (Fsp3) is 0.375. The largest absolute Gasteiger partial charge is 0.458 e. The van der Waals surface area contributed by atoms with Gasteiger partial charge in [-0.3, -0.25) is 4.79 Å². The highest BCUT2D eigenvalue weighted by Gasteiger charge is 2.36. The molecular weight excluding hydrogens is 380 g/mol. The number of carbonyl (C=O) groups is 1. The molecule has 4 heterocycles. The Morgan fingerprint density at radius 1 is 1.10 bits per heavy atom. The maximum absolute atomic E-state index is 13.3. The first-order valence-electron chi connectivity index (χ1n) is 10.4. The van der Waals surface area contributed by atoms with Crippen LogP contribution >= 0.6 is 0 Å². The first-order valence-corrected chi connectivity index (χ1v) is 10.4. The van der Waals surface area contributed by atoms with Gasteiger partial charge in [0.1, 0.15) is 6.61 Å². The number of ether oxygens (including phenoxy) is 2. The molecule has 0 N–H and O–H groups in total. The van der Waals surface area contributed by atoms with Crippen molar-refractivity contribution in [3.8, 4) is 11.4 Å². The summed E-state index contributed by atoms with van der Waals surface area (Å²) in [6.07, 6.45) is 2.32. The van der Waals surface area contributed by atoms with Gasteiger partial charge in [0.15, 0.2) is 6.10 Å². The van der Waals surface area contributed by atoms with Crippen molar-refractivity contribution in [2.45, 2.75) is 52.4 Å². The van der Waals surface area contributed by atoms with Crippen LogP contribution in [0.15, 0.2) is 16.9 Å². The van der Waals surface area contributed by atoms with E-state index in [2.05, 4.69) is 19.9 Å². The van der Waals surface area contributed by atoms with Gasteiger partial charge in [-0.1, -0.05) is 0 Å². The number of benzene rings is 1. The molecule has 30 heavy (non-hydrogen) atoms. The lowest BCUT2D eigenvalue weighted by Gasteiger charge is -2.24. The molecule has 152 valence electrons. The van der Waals surface area contributed by atoms with Crippen molar-refractivity contribution in [2.75, 3.05) is 7.11 Å². The van der Waals surface area contributed by atoms with Gasteiger partial charge in [-0.05, 0) is 67.5 Å². The summed E-state index contributed by atoms with van der Waals surface area (Å²) in [6, 6.07) is 4.07. The van der Waals surface area contributed by atoms with Gasteiger partial charge in [0.25, 0.3) is 5.56 Å². The van der Waals surface area contributed by atoms with Gasteiger partial charge in [0.2, 0.25) is 0 Å². The third-order valence-electron chi connectivity index (χ3n) is 7.08. The predicted molar refractivity (Wildman–Crippen MR) is 112 cm³/mol. The number of methoxy groups -OCH3 is 1. The third-order valence-corrected chi connectivity index (χ3v) is 7.08. The molecule has 6 nitrogen and oxygen atoms in total. The minimum absolute atomic E-state index is 0.00567. The number of carbonyl (C=O) groups excluding carboxylic acids is 1. The Hall–Kier alpha value is -2.99. The second-order valence-electron chi connectivity index (χ2n) is 8.54. The summed E-state index contributed by atoms with van der Waals surface area (Å²) >= 11 is 0. The third kappa shape index (κ3) is 2.14. The molecule has 0 fully saturated rings. The highest BCUT2D eigenvalue weighted by Crippen LogP contribution is 2.42. The Morgan fingerprint density at radius 2 is 1.90 bits per heavy atom. The van der Waals surface area contributed by atoms with E-state index >= 15 is 0 Å². The summed E-state index contributed by atoms with van der Waals surface area (Å²) in [5.41, 5.74) is 10.1. The van der Waals surface area contributed by atoms with Crippen LogP contribution in [0.5, 0.6) is 0 Å². The van der Waals surface area contributed by atoms with Crippen molar-refractivity contribution in [1.82, 2.24) is 9.55 Å². The molecule has 0 spiro atoms. The van der Waals surface area contributed by atoms with Crippen LogP contribution in [-0.4, -0.2) is 22.6 Å². The van der Waals surface area contributed by atoms with E-state index in [-0.39, 0.29) is 12.2 Å². The quantitative estimate of drug-likeness (QED) is 0.457. The molecule has 0 bridgehead atoms. The Kier molecular flexibility index (Phi) is 3.58. The van der Waals surface area contributed by atoms with Crippen molar-refractivity contribution in [3.05, 3.63) is 61.4 Å². The van der Waals surface area contributed by atoms with Crippen LogP contribution in [0, 0.1) is 13.8 Å². The molecule has 1 unspecified atom stereocenters. The number of aromatic nitrogens is 2. The smallest absolute Gasteiger partial charge is 0.340 e. The van der Waals surface area contributed by atoms with E-state index in [0.29, 0.717) is 17.7 Å². The number of esters is 1. The summed E-state index contributed by atoms with van der Waals surface area (Å²) in [5.74, 6) is -0.454. The van der Waals surface area contributed by atoms with E-state index in [4.69, 9.17) is 14.5 Å². The van der Waals surface area contributed by atoms with Gasteiger partial charge < -0.3 is 14.0 Å². The number of hydrogen-bond acceptors (Lipinski definition) is 5. The standard InChI is InChI=1S/C24H22N2O4/c1-11-7-18-20-13(12(11)2)5-4-6-14(20)16-9-26-19(21(16)25-18)8-15-17(23(26)27)10-30-24(28)22(15)29-3/h7-8,22H,4-6,9-10H2,1-3H3. The van der Waals surface area contributed by atoms with Gasteiger partial charge in [-0.15, -0.1) is 0 Å². The Bertz CT molecular complexity index is 1350. The lowest BCUT2D eigenvalue weighted by molar-refractivity contribution is -0.159. The molecule has 0 radical (unpaired) electrons. The second kappa shape index (κ2) is 6.01. The minimum atomic E-state index is -0.869. The molecule has 6 rings (SSSR count). The highest BCUT2D eigenvalue weighted by atomic mass is 16.6. The summed E-state index contributed by atoms with van der Waals surface area (Å²) in [4.78, 5) is 30.5. The molecule has 3 aromatic rings. The van der Waals surface area contributed by atoms with Crippen molar-refractivity contribution >= 4 is 16.9 Å². The summed E-state index contributed by atoms with van der Waals surface area (Å²) in [5, 5.41) is 1.28. The zero-order chi connectivity index (χ0) is 20.7. The molecule has 0 saturated carbocycles. The van der Waals surface area contributed by atoms with Crippen molar-refractivity contribution in [3.63, 3.8) is 0 Å². The highest BCUT2D eigenvalue weighted by molar-refractivity contribution is 5.93. The number of cyclic esters (lactones) is 1. The first-order chi connectivity index (χ1) is 14.5. The summed E-state index contributed by atoms with van der Waals surface area (Å²) < 4.78 is 12.3. The van der Waals surface area contributed by atoms with E-state index in [0.717, 1.165) is 41.7 Å². The normalized spacial score (nSPS) is 18.8. The van der Waals surface area contributed by atoms with E-state index < -0.39 is 12.1 Å². The fourth-order valence-electron chi connectivity index (χ4n) is 5.45. The second-order valence-corrected chi connectivity index (χ2v) is 8.54. The van der Waals surface area contributed by atoms with Gasteiger partial charge >= 0.3 is 5.97 Å². The maximum atomic E-state index is 13.3. The van der Waals surface area contributed by atoms with Gasteiger partial charge in [0, 0.05) is 23.6 Å². The molecule has 3 aliphatic rings. The van der Waals surface area contributed by atoms with E-state index in [1.54, 1.807) is 4.57 Å². The number of hydrogen-bond donors (Lipinski definition) is 0. The SMILES string of the molecule is COC1C(=O)OCc2c1cc1n(c2=O)Cc2c-1nc1cc(C)c(C)c3c1c2CCC3. The van der Waals surface area contributed by atoms with Crippen LogP contribution in [-0.2, 0) is 40.3 Å². The van der Waals surface area contributed by atoms with Crippen molar-refractivity contribution in [2.24, 2.45) is 0 Å². The molecule has 1 atom stereocenters. The van der Waals surface area contributed by atoms with Crippen molar-refractivity contribution < 1.29 is 14.3 Å². The van der Waals surface area contributed by atoms with E-state index in [1.807, 2.05) is 6.07 Å². The van der Waals surface area contributed by atoms with Gasteiger partial charge in [0.05, 0.1) is 29.0 Å². The lowest BCUT2D eigenvalue weighted by atomic mass is 9.83. The Labute approximate surface area is 173 Å². The Balaban J connectivity index is 1.67. The van der Waals surface area contributed by atoms with Crippen LogP contribution in [0.25, 0.3) is 22.3 Å². The topological polar surface area (TPSA) is 70.4 Å². The average Bonchev–Trinajstić information content (AvgIpc) is 3.11. The van der Waals surface area contributed by atoms with Crippen LogP contribution in [0.4, 0.5) is 0 Å². The number of pyridine rings is 2. The van der Waals surface area contributed by atoms with E-state index in [9.17, 15) is 9.59 Å². The predicted octanol–water partition coefficient (Wildman–Crippen LogP) is 3.28. The number of aryl methyl sites for hydroxylation is 3. The van der Waals surface area contributed by atoms with Crippen molar-refractivity contribution in [1.29, 1.82) is 0 Å². The van der Waals surface area contributed by atoms with Crippen LogP contribution in [0.1, 0.15) is 51.5 Å². The lowest BCUT2D eigenvalue weighted by Crippen LogP contribution is -2.33.